The van der Waals surface area contributed by atoms with Crippen LogP contribution in [0.25, 0.3) is 10.8 Å². The molecule has 29 heavy (non-hydrogen) atoms. The summed E-state index contributed by atoms with van der Waals surface area (Å²) in [5, 5.41) is 10.8. The molecule has 4 nitrogen and oxygen atoms in total. The molecule has 1 N–H and O–H groups in total. The van der Waals surface area contributed by atoms with Crippen molar-refractivity contribution in [2.75, 3.05) is 0 Å². The summed E-state index contributed by atoms with van der Waals surface area (Å²) < 4.78 is 3.82. The van der Waals surface area contributed by atoms with Crippen LogP contribution < -0.4 is 5.56 Å². The summed E-state index contributed by atoms with van der Waals surface area (Å²) >= 11 is 6.95. The quantitative estimate of drug-likeness (QED) is 0.444. The van der Waals surface area contributed by atoms with Crippen molar-refractivity contribution < 1.29 is 9.90 Å². The summed E-state index contributed by atoms with van der Waals surface area (Å²) in [6.07, 6.45) is 4.17. The van der Waals surface area contributed by atoms with E-state index >= 15 is 0 Å². The molecule has 1 aliphatic carbocycles. The molecular weight excluding hydrogens is 498 g/mol. The minimum absolute atomic E-state index is 0.0252. The number of carboxylic acids is 1. The molecule has 150 valence electrons. The zero-order valence-electron chi connectivity index (χ0n) is 15.8. The highest BCUT2D eigenvalue weighted by Crippen LogP contribution is 2.35. The van der Waals surface area contributed by atoms with Crippen LogP contribution in [-0.2, 0) is 17.6 Å². The van der Waals surface area contributed by atoms with E-state index in [0.717, 1.165) is 50.4 Å². The second-order valence-electron chi connectivity index (χ2n) is 7.57. The third kappa shape index (κ3) is 4.19. The Morgan fingerprint density at radius 1 is 1.03 bits per heavy atom. The van der Waals surface area contributed by atoms with E-state index in [2.05, 4.69) is 31.9 Å². The largest absolute Gasteiger partial charge is 0.481 e. The van der Waals surface area contributed by atoms with Gasteiger partial charge in [-0.3, -0.25) is 9.59 Å². The van der Waals surface area contributed by atoms with Crippen LogP contribution in [0.4, 0.5) is 0 Å². The first kappa shape index (κ1) is 20.4. The number of benzene rings is 2. The normalized spacial score (nSPS) is 14.1. The highest BCUT2D eigenvalue weighted by Gasteiger charge is 2.26. The Kier molecular flexibility index (Phi) is 5.93. The van der Waals surface area contributed by atoms with Gasteiger partial charge in [0.2, 0.25) is 0 Å². The van der Waals surface area contributed by atoms with Gasteiger partial charge in [-0.15, -0.1) is 0 Å². The van der Waals surface area contributed by atoms with Crippen LogP contribution in [-0.4, -0.2) is 15.6 Å². The first-order valence-corrected chi connectivity index (χ1v) is 11.3. The van der Waals surface area contributed by atoms with Crippen molar-refractivity contribution in [1.82, 2.24) is 4.57 Å². The van der Waals surface area contributed by atoms with Gasteiger partial charge in [0.15, 0.2) is 0 Å². The molecule has 6 heteroatoms. The van der Waals surface area contributed by atoms with Gasteiger partial charge in [0, 0.05) is 38.9 Å². The van der Waals surface area contributed by atoms with E-state index in [9.17, 15) is 14.7 Å². The second kappa shape index (κ2) is 8.44. The fraction of sp³-hybridized carbons (Fsp3) is 0.304. The first-order valence-electron chi connectivity index (χ1n) is 9.76. The predicted molar refractivity (Wildman–Crippen MR) is 122 cm³/mol. The number of nitrogens with zero attached hydrogens (tertiary/aromatic N) is 1. The first-order chi connectivity index (χ1) is 13.9. The molecule has 1 saturated carbocycles. The fourth-order valence-electron chi connectivity index (χ4n) is 4.04. The van der Waals surface area contributed by atoms with Gasteiger partial charge < -0.3 is 9.67 Å². The van der Waals surface area contributed by atoms with Gasteiger partial charge in [-0.25, -0.2) is 0 Å². The summed E-state index contributed by atoms with van der Waals surface area (Å²) in [6.45, 7) is 0. The molecule has 1 aliphatic rings. The molecule has 0 amide bonds. The number of halogens is 2. The van der Waals surface area contributed by atoms with Crippen LogP contribution in [0.2, 0.25) is 0 Å². The summed E-state index contributed by atoms with van der Waals surface area (Å²) in [6, 6.07) is 14.0. The maximum atomic E-state index is 13.5. The van der Waals surface area contributed by atoms with E-state index in [4.69, 9.17) is 0 Å². The number of hydrogen-bond acceptors (Lipinski definition) is 2. The van der Waals surface area contributed by atoms with Crippen molar-refractivity contribution in [1.29, 1.82) is 0 Å². The third-order valence-electron chi connectivity index (χ3n) is 5.71. The number of aliphatic carboxylic acids is 1. The lowest BCUT2D eigenvalue weighted by atomic mass is 9.89. The molecule has 1 heterocycles. The number of carbonyl (C=O) groups is 1. The zero-order valence-corrected chi connectivity index (χ0v) is 19.0. The monoisotopic (exact) mass is 517 g/mol. The lowest BCUT2D eigenvalue weighted by Crippen LogP contribution is -2.33. The summed E-state index contributed by atoms with van der Waals surface area (Å²) in [7, 11) is 0. The smallest absolute Gasteiger partial charge is 0.303 e. The lowest BCUT2D eigenvalue weighted by Gasteiger charge is -2.32. The zero-order chi connectivity index (χ0) is 20.5. The Hall–Kier alpha value is -1.92. The molecular formula is C23H21Br2NO3. The third-order valence-corrected chi connectivity index (χ3v) is 6.73. The number of fused-ring (bicyclic) bond motifs is 1. The average Bonchev–Trinajstić information content (AvgIpc) is 2.64. The second-order valence-corrected chi connectivity index (χ2v) is 9.40. The SMILES string of the molecule is O=C(O)CCc1c(Cc2ccc(Br)cc2)n(C2CCC2)c(=O)c2cc(Br)ccc12. The summed E-state index contributed by atoms with van der Waals surface area (Å²) in [4.78, 5) is 24.8. The van der Waals surface area contributed by atoms with E-state index in [1.54, 1.807) is 0 Å². The highest BCUT2D eigenvalue weighted by molar-refractivity contribution is 9.10. The maximum absolute atomic E-state index is 13.5. The number of hydrogen-bond donors (Lipinski definition) is 1. The molecule has 0 unspecified atom stereocenters. The fourth-order valence-corrected chi connectivity index (χ4v) is 4.66. The number of rotatable bonds is 6. The van der Waals surface area contributed by atoms with Crippen molar-refractivity contribution in [3.05, 3.63) is 78.6 Å². The van der Waals surface area contributed by atoms with Crippen molar-refractivity contribution in [2.24, 2.45) is 0 Å². The van der Waals surface area contributed by atoms with Gasteiger partial charge in [-0.1, -0.05) is 50.1 Å². The Labute approximate surface area is 185 Å². The van der Waals surface area contributed by atoms with E-state index in [1.807, 2.05) is 47.0 Å². The van der Waals surface area contributed by atoms with Crippen LogP contribution in [0.5, 0.6) is 0 Å². The van der Waals surface area contributed by atoms with Gasteiger partial charge in [-0.05, 0) is 66.5 Å². The molecule has 0 atom stereocenters. The van der Waals surface area contributed by atoms with Gasteiger partial charge in [0.05, 0.1) is 0 Å². The molecule has 2 aromatic carbocycles. The van der Waals surface area contributed by atoms with Crippen molar-refractivity contribution in [3.8, 4) is 0 Å². The molecule has 0 aliphatic heterocycles. The van der Waals surface area contributed by atoms with E-state index in [1.165, 1.54) is 0 Å². The topological polar surface area (TPSA) is 59.3 Å². The van der Waals surface area contributed by atoms with E-state index < -0.39 is 5.97 Å². The van der Waals surface area contributed by atoms with Crippen molar-refractivity contribution in [2.45, 2.75) is 44.6 Å². The predicted octanol–water partition coefficient (Wildman–Crippen LogP) is 5.86. The highest BCUT2D eigenvalue weighted by atomic mass is 79.9. The molecule has 0 bridgehead atoms. The molecule has 4 rings (SSSR count). The molecule has 1 aromatic heterocycles. The Morgan fingerprint density at radius 3 is 2.34 bits per heavy atom. The van der Waals surface area contributed by atoms with E-state index in [-0.39, 0.29) is 18.0 Å². The minimum Gasteiger partial charge on any atom is -0.481 e. The van der Waals surface area contributed by atoms with Gasteiger partial charge >= 0.3 is 5.97 Å². The summed E-state index contributed by atoms with van der Waals surface area (Å²) in [5.74, 6) is -0.828. The maximum Gasteiger partial charge on any atom is 0.303 e. The number of carboxylic acid groups (broad SMARTS) is 1. The average molecular weight is 519 g/mol. The van der Waals surface area contributed by atoms with Gasteiger partial charge in [-0.2, -0.15) is 0 Å². The molecule has 0 spiro atoms. The van der Waals surface area contributed by atoms with Crippen LogP contribution in [0.1, 0.15) is 48.5 Å². The Morgan fingerprint density at radius 2 is 1.72 bits per heavy atom. The Balaban J connectivity index is 1.96. The van der Waals surface area contributed by atoms with Crippen molar-refractivity contribution >= 4 is 48.6 Å². The standard InChI is InChI=1S/C23H21Br2NO3/c24-15-6-4-14(5-7-15)12-21-19(10-11-22(27)28)18-9-8-16(25)13-20(18)23(29)26(21)17-2-1-3-17/h4-9,13,17H,1-3,10-12H2,(H,27,28). The number of aryl methyl sites for hydroxylation is 1. The number of aromatic nitrogens is 1. The minimum atomic E-state index is -0.828. The summed E-state index contributed by atoms with van der Waals surface area (Å²) in [5.41, 5.74) is 3.06. The van der Waals surface area contributed by atoms with Crippen LogP contribution in [0.3, 0.4) is 0 Å². The van der Waals surface area contributed by atoms with Crippen LogP contribution in [0.15, 0.2) is 56.2 Å². The Bertz CT molecular complexity index is 1130. The molecule has 0 saturated heterocycles. The van der Waals surface area contributed by atoms with Crippen molar-refractivity contribution in [3.63, 3.8) is 0 Å². The van der Waals surface area contributed by atoms with Gasteiger partial charge in [0.25, 0.3) is 5.56 Å². The molecule has 1 fully saturated rings. The lowest BCUT2D eigenvalue weighted by molar-refractivity contribution is -0.136. The van der Waals surface area contributed by atoms with E-state index in [0.29, 0.717) is 18.2 Å². The van der Waals surface area contributed by atoms with Gasteiger partial charge in [0.1, 0.15) is 0 Å². The van der Waals surface area contributed by atoms with Crippen LogP contribution in [0, 0.1) is 0 Å². The number of pyridine rings is 1. The van der Waals surface area contributed by atoms with Crippen LogP contribution >= 0.6 is 31.9 Å². The molecule has 3 aromatic rings. The molecule has 0 radical (unpaired) electrons.